The molecule has 1 amide bonds. The maximum absolute atomic E-state index is 11.8. The quantitative estimate of drug-likeness (QED) is 0.846. The average molecular weight is 307 g/mol. The smallest absolute Gasteiger partial charge is 0.236 e. The number of rotatable bonds is 4. The molecule has 0 N–H and O–H groups in total. The fourth-order valence-corrected chi connectivity index (χ4v) is 4.49. The Balaban J connectivity index is 1.46. The standard InChI is InChI=1S/C16H25N3OS/c1-13-4-5-14(21-13)8-19-11-16(12-19)6-7-18(10-16)9-15(20)17(2)3/h4-5H,6-12H2,1-3H3. The van der Waals surface area contributed by atoms with Gasteiger partial charge in [-0.05, 0) is 32.0 Å². The first kappa shape index (κ1) is 15.0. The van der Waals surface area contributed by atoms with Crippen molar-refractivity contribution < 1.29 is 4.79 Å². The van der Waals surface area contributed by atoms with Crippen LogP contribution < -0.4 is 0 Å². The number of hydrogen-bond acceptors (Lipinski definition) is 4. The number of hydrogen-bond donors (Lipinski definition) is 0. The number of carbonyl (C=O) groups excluding carboxylic acids is 1. The zero-order valence-corrected chi connectivity index (χ0v) is 14.1. The van der Waals surface area contributed by atoms with Crippen LogP contribution in [-0.4, -0.2) is 67.4 Å². The van der Waals surface area contributed by atoms with Gasteiger partial charge in [-0.15, -0.1) is 11.3 Å². The van der Waals surface area contributed by atoms with E-state index in [0.717, 1.165) is 19.6 Å². The van der Waals surface area contributed by atoms with Crippen LogP contribution in [0.1, 0.15) is 16.2 Å². The molecule has 2 aliphatic rings. The van der Waals surface area contributed by atoms with Gasteiger partial charge in [-0.25, -0.2) is 0 Å². The summed E-state index contributed by atoms with van der Waals surface area (Å²) in [6.45, 7) is 8.39. The van der Waals surface area contributed by atoms with Crippen molar-refractivity contribution in [2.45, 2.75) is 19.9 Å². The first-order valence-corrected chi connectivity index (χ1v) is 8.48. The van der Waals surface area contributed by atoms with Crippen molar-refractivity contribution in [2.75, 3.05) is 46.8 Å². The van der Waals surface area contributed by atoms with Crippen molar-refractivity contribution in [1.29, 1.82) is 0 Å². The van der Waals surface area contributed by atoms with E-state index in [0.29, 0.717) is 12.0 Å². The summed E-state index contributed by atoms with van der Waals surface area (Å²) in [7, 11) is 3.67. The molecule has 1 aromatic rings. The molecule has 0 saturated carbocycles. The minimum absolute atomic E-state index is 0.220. The van der Waals surface area contributed by atoms with Crippen LogP contribution in [0.3, 0.4) is 0 Å². The average Bonchev–Trinajstić information content (AvgIpc) is 2.96. The Hall–Kier alpha value is -0.910. The van der Waals surface area contributed by atoms with Crippen LogP contribution >= 0.6 is 11.3 Å². The third-order valence-corrected chi connectivity index (χ3v) is 5.65. The van der Waals surface area contributed by atoms with Crippen molar-refractivity contribution in [3.05, 3.63) is 21.9 Å². The van der Waals surface area contributed by atoms with Gasteiger partial charge in [-0.2, -0.15) is 0 Å². The minimum atomic E-state index is 0.220. The van der Waals surface area contributed by atoms with E-state index in [1.54, 1.807) is 4.90 Å². The van der Waals surface area contributed by atoms with E-state index in [1.807, 2.05) is 25.4 Å². The van der Waals surface area contributed by atoms with Gasteiger partial charge in [0, 0.05) is 55.4 Å². The Morgan fingerprint density at radius 1 is 1.29 bits per heavy atom. The van der Waals surface area contributed by atoms with Gasteiger partial charge in [0.1, 0.15) is 0 Å². The Labute approximate surface area is 131 Å². The summed E-state index contributed by atoms with van der Waals surface area (Å²) in [5, 5.41) is 0. The predicted molar refractivity (Wildman–Crippen MR) is 86.5 cm³/mol. The Kier molecular flexibility index (Phi) is 4.08. The molecule has 0 radical (unpaired) electrons. The van der Waals surface area contributed by atoms with Crippen LogP contribution in [-0.2, 0) is 11.3 Å². The molecule has 4 nitrogen and oxygen atoms in total. The summed E-state index contributed by atoms with van der Waals surface area (Å²) >= 11 is 1.91. The van der Waals surface area contributed by atoms with Crippen molar-refractivity contribution in [3.63, 3.8) is 0 Å². The lowest BCUT2D eigenvalue weighted by atomic mass is 9.79. The number of nitrogens with zero attached hydrogens (tertiary/aromatic N) is 3. The highest BCUT2D eigenvalue weighted by molar-refractivity contribution is 7.11. The molecule has 1 spiro atoms. The summed E-state index contributed by atoms with van der Waals surface area (Å²) < 4.78 is 0. The van der Waals surface area contributed by atoms with Gasteiger partial charge in [-0.3, -0.25) is 14.6 Å². The number of amides is 1. The van der Waals surface area contributed by atoms with E-state index in [-0.39, 0.29) is 5.91 Å². The second-order valence-electron chi connectivity index (χ2n) is 6.91. The molecule has 1 aromatic heterocycles. The minimum Gasteiger partial charge on any atom is -0.348 e. The Morgan fingerprint density at radius 2 is 2.00 bits per heavy atom. The zero-order chi connectivity index (χ0) is 15.0. The number of carbonyl (C=O) groups is 1. The van der Waals surface area contributed by atoms with E-state index in [4.69, 9.17) is 0 Å². The molecule has 5 heteroatoms. The van der Waals surface area contributed by atoms with Crippen molar-refractivity contribution in [3.8, 4) is 0 Å². The third kappa shape index (κ3) is 3.30. The topological polar surface area (TPSA) is 26.8 Å². The van der Waals surface area contributed by atoms with Crippen LogP contribution in [0.15, 0.2) is 12.1 Å². The zero-order valence-electron chi connectivity index (χ0n) is 13.3. The normalized spacial score (nSPS) is 21.7. The Bertz CT molecular complexity index is 519. The van der Waals surface area contributed by atoms with Crippen LogP contribution in [0.4, 0.5) is 0 Å². The van der Waals surface area contributed by atoms with Crippen molar-refractivity contribution >= 4 is 17.2 Å². The van der Waals surface area contributed by atoms with Gasteiger partial charge in [-0.1, -0.05) is 0 Å². The SMILES string of the molecule is Cc1ccc(CN2CC3(CCN(CC(=O)N(C)C)C3)C2)s1. The molecule has 2 aliphatic heterocycles. The van der Waals surface area contributed by atoms with Crippen molar-refractivity contribution in [1.82, 2.24) is 14.7 Å². The summed E-state index contributed by atoms with van der Waals surface area (Å²) in [6, 6.07) is 4.46. The molecular weight excluding hydrogens is 282 g/mol. The number of likely N-dealkylation sites (N-methyl/N-ethyl adjacent to an activating group) is 1. The van der Waals surface area contributed by atoms with E-state index in [9.17, 15) is 4.79 Å². The van der Waals surface area contributed by atoms with E-state index < -0.39 is 0 Å². The highest BCUT2D eigenvalue weighted by Crippen LogP contribution is 2.40. The number of aryl methyl sites for hydroxylation is 1. The van der Waals surface area contributed by atoms with Crippen LogP contribution in [0.2, 0.25) is 0 Å². The molecule has 3 rings (SSSR count). The molecule has 116 valence electrons. The van der Waals surface area contributed by atoms with Gasteiger partial charge in [0.15, 0.2) is 0 Å². The summed E-state index contributed by atoms with van der Waals surface area (Å²) in [4.78, 5) is 21.2. The van der Waals surface area contributed by atoms with E-state index >= 15 is 0 Å². The first-order chi connectivity index (χ1) is 9.96. The van der Waals surface area contributed by atoms with Gasteiger partial charge in [0.25, 0.3) is 0 Å². The largest absolute Gasteiger partial charge is 0.348 e. The monoisotopic (exact) mass is 307 g/mol. The van der Waals surface area contributed by atoms with Gasteiger partial charge < -0.3 is 4.90 Å². The first-order valence-electron chi connectivity index (χ1n) is 7.66. The fraction of sp³-hybridized carbons (Fsp3) is 0.688. The maximum atomic E-state index is 11.8. The van der Waals surface area contributed by atoms with E-state index in [1.165, 1.54) is 29.3 Å². The lowest BCUT2D eigenvalue weighted by Gasteiger charge is -2.48. The molecule has 2 saturated heterocycles. The van der Waals surface area contributed by atoms with Crippen molar-refractivity contribution in [2.24, 2.45) is 5.41 Å². The highest BCUT2D eigenvalue weighted by atomic mass is 32.1. The van der Waals surface area contributed by atoms with E-state index in [2.05, 4.69) is 28.9 Å². The molecule has 21 heavy (non-hydrogen) atoms. The molecule has 0 atom stereocenters. The van der Waals surface area contributed by atoms with Gasteiger partial charge >= 0.3 is 0 Å². The molecule has 0 aliphatic carbocycles. The fourth-order valence-electron chi connectivity index (χ4n) is 3.56. The summed E-state index contributed by atoms with van der Waals surface area (Å²) in [5.41, 5.74) is 0.457. The molecular formula is C16H25N3OS. The summed E-state index contributed by atoms with van der Waals surface area (Å²) in [5.74, 6) is 0.220. The lowest BCUT2D eigenvalue weighted by Crippen LogP contribution is -2.57. The van der Waals surface area contributed by atoms with Gasteiger partial charge in [0.2, 0.25) is 5.91 Å². The molecule has 0 aromatic carbocycles. The summed E-state index contributed by atoms with van der Waals surface area (Å²) in [6.07, 6.45) is 1.24. The molecule has 2 fully saturated rings. The number of likely N-dealkylation sites (tertiary alicyclic amines) is 2. The molecule has 0 unspecified atom stereocenters. The second-order valence-corrected chi connectivity index (χ2v) is 8.28. The highest BCUT2D eigenvalue weighted by Gasteiger charge is 2.47. The predicted octanol–water partition coefficient (Wildman–Crippen LogP) is 1.65. The molecule has 3 heterocycles. The lowest BCUT2D eigenvalue weighted by molar-refractivity contribution is -0.129. The Morgan fingerprint density at radius 3 is 2.62 bits per heavy atom. The molecule has 0 bridgehead atoms. The maximum Gasteiger partial charge on any atom is 0.236 e. The third-order valence-electron chi connectivity index (χ3n) is 4.67. The van der Waals surface area contributed by atoms with Crippen LogP contribution in [0.5, 0.6) is 0 Å². The number of thiophene rings is 1. The van der Waals surface area contributed by atoms with Crippen LogP contribution in [0, 0.1) is 12.3 Å². The van der Waals surface area contributed by atoms with Gasteiger partial charge in [0.05, 0.1) is 6.54 Å². The van der Waals surface area contributed by atoms with Crippen LogP contribution in [0.25, 0.3) is 0 Å². The second kappa shape index (κ2) is 5.71.